The van der Waals surface area contributed by atoms with Crippen LogP contribution >= 0.6 is 0 Å². The quantitative estimate of drug-likeness (QED) is 0.591. The Bertz CT molecular complexity index is 940. The molecule has 1 aromatic carbocycles. The van der Waals surface area contributed by atoms with E-state index in [1.165, 1.54) is 7.11 Å². The highest BCUT2D eigenvalue weighted by molar-refractivity contribution is 5.96. The molecular weight excluding hydrogens is 356 g/mol. The number of aromatic nitrogens is 1. The van der Waals surface area contributed by atoms with Crippen molar-refractivity contribution in [3.8, 4) is 23.7 Å². The van der Waals surface area contributed by atoms with Crippen molar-refractivity contribution in [1.82, 2.24) is 9.88 Å². The topological polar surface area (TPSA) is 80.6 Å². The van der Waals surface area contributed by atoms with Gasteiger partial charge >= 0.3 is 5.97 Å². The van der Waals surface area contributed by atoms with Gasteiger partial charge in [-0.2, -0.15) is 0 Å². The maximum absolute atomic E-state index is 12.2. The molecule has 1 aromatic heterocycles. The number of methoxy groups -OCH3 is 1. The molecule has 144 valence electrons. The van der Waals surface area contributed by atoms with Gasteiger partial charge in [0.15, 0.2) is 0 Å². The van der Waals surface area contributed by atoms with Crippen molar-refractivity contribution in [2.24, 2.45) is 7.05 Å². The molecule has 0 radical (unpaired) electrons. The number of hydrogen-bond donors (Lipinski definition) is 2. The molecule has 1 amide bonds. The van der Waals surface area contributed by atoms with E-state index in [4.69, 9.17) is 9.84 Å². The lowest BCUT2D eigenvalue weighted by Gasteiger charge is -2.15. The maximum atomic E-state index is 12.2. The number of carbonyl (C=O) groups is 2. The number of esters is 1. The van der Waals surface area contributed by atoms with Crippen LogP contribution < -0.4 is 5.32 Å². The minimum Gasteiger partial charge on any atom is -0.467 e. The van der Waals surface area contributed by atoms with E-state index in [1.54, 1.807) is 34.9 Å². The molecule has 2 aromatic rings. The Hall–Kier alpha value is -3.48. The number of amides is 1. The fraction of sp³-hybridized carbons (Fsp3) is 0.273. The van der Waals surface area contributed by atoms with Crippen molar-refractivity contribution in [2.45, 2.75) is 25.5 Å². The molecule has 0 bridgehead atoms. The molecule has 6 heteroatoms. The lowest BCUT2D eigenvalue weighted by Crippen LogP contribution is -2.41. The van der Waals surface area contributed by atoms with Gasteiger partial charge in [-0.15, -0.1) is 0 Å². The van der Waals surface area contributed by atoms with Crippen molar-refractivity contribution in [1.29, 1.82) is 0 Å². The maximum Gasteiger partial charge on any atom is 0.328 e. The highest BCUT2D eigenvalue weighted by atomic mass is 16.5. The van der Waals surface area contributed by atoms with Crippen molar-refractivity contribution in [3.63, 3.8) is 0 Å². The lowest BCUT2D eigenvalue weighted by atomic mass is 10.1. The number of carbonyl (C=O) groups excluding carboxylic acids is 2. The molecule has 1 atom stereocenters. The minimum absolute atomic E-state index is 0.0481. The molecule has 0 saturated heterocycles. The van der Waals surface area contributed by atoms with E-state index in [1.807, 2.05) is 19.2 Å². The number of aliphatic hydroxyl groups excluding tert-OH is 1. The Morgan fingerprint density at radius 3 is 2.57 bits per heavy atom. The summed E-state index contributed by atoms with van der Waals surface area (Å²) in [5.41, 5.74) is 1.99. The van der Waals surface area contributed by atoms with Gasteiger partial charge in [-0.05, 0) is 48.4 Å². The van der Waals surface area contributed by atoms with E-state index in [0.29, 0.717) is 18.4 Å². The highest BCUT2D eigenvalue weighted by Crippen LogP contribution is 2.05. The summed E-state index contributed by atoms with van der Waals surface area (Å²) in [5.74, 6) is 10.4. The van der Waals surface area contributed by atoms with Crippen molar-refractivity contribution < 1.29 is 19.4 Å². The summed E-state index contributed by atoms with van der Waals surface area (Å²) >= 11 is 0. The average molecular weight is 378 g/mol. The molecule has 2 rings (SSSR count). The molecule has 0 aliphatic carbocycles. The molecule has 0 fully saturated rings. The van der Waals surface area contributed by atoms with Crippen LogP contribution in [0.2, 0.25) is 0 Å². The first-order valence-electron chi connectivity index (χ1n) is 8.75. The van der Waals surface area contributed by atoms with Crippen LogP contribution in [0.3, 0.4) is 0 Å². The molecule has 0 saturated carbocycles. The van der Waals surface area contributed by atoms with Gasteiger partial charge in [-0.3, -0.25) is 4.79 Å². The van der Waals surface area contributed by atoms with Crippen LogP contribution in [-0.2, 0) is 23.2 Å². The first-order chi connectivity index (χ1) is 13.6. The van der Waals surface area contributed by atoms with Gasteiger partial charge < -0.3 is 19.7 Å². The fourth-order valence-electron chi connectivity index (χ4n) is 2.48. The van der Waals surface area contributed by atoms with E-state index in [0.717, 1.165) is 11.4 Å². The molecule has 0 aliphatic rings. The summed E-state index contributed by atoms with van der Waals surface area (Å²) in [4.78, 5) is 24.1. The van der Waals surface area contributed by atoms with E-state index in [9.17, 15) is 9.59 Å². The fourth-order valence-corrected chi connectivity index (χ4v) is 2.48. The van der Waals surface area contributed by atoms with Crippen molar-refractivity contribution in [3.05, 3.63) is 59.4 Å². The summed E-state index contributed by atoms with van der Waals surface area (Å²) in [6, 6.07) is 11.5. The Morgan fingerprint density at radius 1 is 1.18 bits per heavy atom. The molecule has 0 spiro atoms. The third-order valence-electron chi connectivity index (χ3n) is 4.11. The number of hydrogen-bond acceptors (Lipinski definition) is 4. The van der Waals surface area contributed by atoms with Crippen LogP contribution in [0.1, 0.15) is 34.6 Å². The zero-order chi connectivity index (χ0) is 20.4. The van der Waals surface area contributed by atoms with Gasteiger partial charge in [0, 0.05) is 24.7 Å². The summed E-state index contributed by atoms with van der Waals surface area (Å²) in [6.45, 7) is -0.0481. The minimum atomic E-state index is -0.778. The number of rotatable bonds is 6. The molecule has 2 N–H and O–H groups in total. The van der Waals surface area contributed by atoms with Crippen LogP contribution in [0.15, 0.2) is 42.5 Å². The van der Waals surface area contributed by atoms with Crippen LogP contribution in [0.25, 0.3) is 0 Å². The summed E-state index contributed by atoms with van der Waals surface area (Å²) < 4.78 is 6.55. The lowest BCUT2D eigenvalue weighted by molar-refractivity contribution is -0.143. The predicted octanol–water partition coefficient (Wildman–Crippen LogP) is 1.62. The third-order valence-corrected chi connectivity index (χ3v) is 4.11. The first-order valence-corrected chi connectivity index (χ1v) is 8.75. The van der Waals surface area contributed by atoms with E-state index >= 15 is 0 Å². The SMILES string of the molecule is COC(=O)C(CCC#CC#Cc1ccc(CO)n1C)NC(=O)c1ccccc1. The number of nitrogens with zero attached hydrogens (tertiary/aromatic N) is 1. The third kappa shape index (κ3) is 5.77. The Balaban J connectivity index is 1.93. The largest absolute Gasteiger partial charge is 0.467 e. The van der Waals surface area contributed by atoms with Crippen molar-refractivity contribution in [2.75, 3.05) is 7.11 Å². The Labute approximate surface area is 164 Å². The number of ether oxygens (including phenoxy) is 1. The molecule has 28 heavy (non-hydrogen) atoms. The molecule has 1 heterocycles. The second-order valence-corrected chi connectivity index (χ2v) is 5.93. The predicted molar refractivity (Wildman–Crippen MR) is 105 cm³/mol. The Morgan fingerprint density at radius 2 is 1.93 bits per heavy atom. The molecule has 1 unspecified atom stereocenters. The zero-order valence-electron chi connectivity index (χ0n) is 15.9. The summed E-state index contributed by atoms with van der Waals surface area (Å²) in [5, 5.41) is 11.8. The van der Waals surface area contributed by atoms with Crippen LogP contribution in [0.4, 0.5) is 0 Å². The number of benzene rings is 1. The van der Waals surface area contributed by atoms with Crippen molar-refractivity contribution >= 4 is 11.9 Å². The van der Waals surface area contributed by atoms with Gasteiger partial charge in [0.05, 0.1) is 19.4 Å². The normalized spacial score (nSPS) is 10.7. The second-order valence-electron chi connectivity index (χ2n) is 5.93. The van der Waals surface area contributed by atoms with Crippen LogP contribution in [-0.4, -0.2) is 34.7 Å². The smallest absolute Gasteiger partial charge is 0.328 e. The van der Waals surface area contributed by atoms with E-state index in [-0.39, 0.29) is 12.5 Å². The van der Waals surface area contributed by atoms with E-state index < -0.39 is 12.0 Å². The molecule has 0 aliphatic heterocycles. The second kappa shape index (κ2) is 10.6. The van der Waals surface area contributed by atoms with Gasteiger partial charge in [0.1, 0.15) is 6.04 Å². The number of nitrogens with one attached hydrogen (secondary N) is 1. The summed E-state index contributed by atoms with van der Waals surface area (Å²) in [7, 11) is 3.10. The highest BCUT2D eigenvalue weighted by Gasteiger charge is 2.21. The molecular formula is C22H22N2O4. The van der Waals surface area contributed by atoms with Crippen LogP contribution in [0.5, 0.6) is 0 Å². The molecule has 6 nitrogen and oxygen atoms in total. The van der Waals surface area contributed by atoms with E-state index in [2.05, 4.69) is 29.0 Å². The standard InChI is InChI=1S/C22H22N2O4/c1-24-18(14-15-19(24)16-25)12-8-3-4-9-13-20(22(27)28-2)23-21(26)17-10-6-5-7-11-17/h5-7,10-11,14-15,20,25H,9,13,16H2,1-2H3,(H,23,26). The van der Waals surface area contributed by atoms with Gasteiger partial charge in [0.25, 0.3) is 5.91 Å². The zero-order valence-corrected chi connectivity index (χ0v) is 15.9. The summed E-state index contributed by atoms with van der Waals surface area (Å²) in [6.07, 6.45) is 0.692. The van der Waals surface area contributed by atoms with Gasteiger partial charge in [0.2, 0.25) is 0 Å². The average Bonchev–Trinajstić information content (AvgIpc) is 3.09. The monoisotopic (exact) mass is 378 g/mol. The van der Waals surface area contributed by atoms with Gasteiger partial charge in [-0.1, -0.05) is 24.1 Å². The Kier molecular flexibility index (Phi) is 7.90. The number of aliphatic hydroxyl groups is 1. The van der Waals surface area contributed by atoms with Gasteiger partial charge in [-0.25, -0.2) is 4.79 Å². The first kappa shape index (κ1) is 20.8. The van der Waals surface area contributed by atoms with Crippen LogP contribution in [0, 0.1) is 23.7 Å².